The van der Waals surface area contributed by atoms with Crippen LogP contribution < -0.4 is 14.4 Å². The zero-order valence-electron chi connectivity index (χ0n) is 19.0. The maximum Gasteiger partial charge on any atom is 0.237 e. The van der Waals surface area contributed by atoms with Crippen LogP contribution >= 0.6 is 23.2 Å². The summed E-state index contributed by atoms with van der Waals surface area (Å²) in [5.41, 5.74) is 1.30. The molecule has 3 unspecified atom stereocenters. The summed E-state index contributed by atoms with van der Waals surface area (Å²) in [6.07, 6.45) is 2.77. The Bertz CT molecular complexity index is 996. The van der Waals surface area contributed by atoms with E-state index < -0.39 is 12.1 Å². The van der Waals surface area contributed by atoms with Crippen LogP contribution in [0.15, 0.2) is 36.4 Å². The van der Waals surface area contributed by atoms with Gasteiger partial charge in [0.1, 0.15) is 12.8 Å². The van der Waals surface area contributed by atoms with E-state index >= 15 is 0 Å². The molecule has 2 aliphatic heterocycles. The quantitative estimate of drug-likeness (QED) is 0.592. The third-order valence-electron chi connectivity index (χ3n) is 6.61. The van der Waals surface area contributed by atoms with Gasteiger partial charge in [0.2, 0.25) is 5.91 Å². The van der Waals surface area contributed by atoms with Crippen molar-refractivity contribution < 1.29 is 19.4 Å². The Labute approximate surface area is 205 Å². The molecule has 2 aromatic rings. The average molecular weight is 493 g/mol. The van der Waals surface area contributed by atoms with Gasteiger partial charge in [-0.15, -0.1) is 0 Å². The van der Waals surface area contributed by atoms with Crippen LogP contribution in [0.5, 0.6) is 11.5 Å². The summed E-state index contributed by atoms with van der Waals surface area (Å²) in [6.45, 7) is 5.43. The molecule has 33 heavy (non-hydrogen) atoms. The van der Waals surface area contributed by atoms with E-state index in [4.69, 9.17) is 32.7 Å². The van der Waals surface area contributed by atoms with Gasteiger partial charge in [-0.05, 0) is 55.8 Å². The number of benzene rings is 2. The molecule has 2 fully saturated rings. The fourth-order valence-corrected chi connectivity index (χ4v) is 5.05. The van der Waals surface area contributed by atoms with Crippen molar-refractivity contribution in [2.24, 2.45) is 5.92 Å². The second-order valence-corrected chi connectivity index (χ2v) is 9.53. The number of aliphatic hydroxyl groups excluding tert-OH is 1. The fourth-order valence-electron chi connectivity index (χ4n) is 4.74. The Morgan fingerprint density at radius 3 is 2.48 bits per heavy atom. The van der Waals surface area contributed by atoms with Gasteiger partial charge in [-0.25, -0.2) is 0 Å². The lowest BCUT2D eigenvalue weighted by Crippen LogP contribution is -2.34. The number of piperidine rings is 1. The molecule has 0 spiro atoms. The van der Waals surface area contributed by atoms with Crippen molar-refractivity contribution in [3.05, 3.63) is 52.0 Å². The largest absolute Gasteiger partial charge is 0.493 e. The van der Waals surface area contributed by atoms with E-state index in [1.165, 1.54) is 24.2 Å². The fraction of sp³-hybridized carbons (Fsp3) is 0.480. The number of hydrogen-bond donors (Lipinski definition) is 1. The second kappa shape index (κ2) is 10.5. The minimum Gasteiger partial charge on any atom is -0.493 e. The highest BCUT2D eigenvalue weighted by Crippen LogP contribution is 2.43. The van der Waals surface area contributed by atoms with Gasteiger partial charge in [0.15, 0.2) is 11.5 Å². The van der Waals surface area contributed by atoms with Gasteiger partial charge >= 0.3 is 0 Å². The molecule has 0 aliphatic carbocycles. The molecule has 4 rings (SSSR count). The van der Waals surface area contributed by atoms with Gasteiger partial charge in [-0.2, -0.15) is 0 Å². The summed E-state index contributed by atoms with van der Waals surface area (Å²) in [7, 11) is 1.59. The van der Waals surface area contributed by atoms with Gasteiger partial charge < -0.3 is 14.6 Å². The molecular weight excluding hydrogens is 463 g/mol. The Hall–Kier alpha value is -1.99. The number of carbonyl (C=O) groups excluding carboxylic acids is 1. The van der Waals surface area contributed by atoms with Gasteiger partial charge in [0.05, 0.1) is 28.8 Å². The van der Waals surface area contributed by atoms with Gasteiger partial charge in [0.25, 0.3) is 0 Å². The molecule has 1 N–H and O–H groups in total. The first kappa shape index (κ1) is 24.1. The third kappa shape index (κ3) is 5.09. The molecule has 2 aromatic carbocycles. The molecule has 178 valence electrons. The first-order chi connectivity index (χ1) is 15.9. The van der Waals surface area contributed by atoms with Crippen LogP contribution in [0.25, 0.3) is 0 Å². The zero-order valence-corrected chi connectivity index (χ0v) is 20.5. The molecule has 0 bridgehead atoms. The van der Waals surface area contributed by atoms with E-state index in [1.54, 1.807) is 43.5 Å². The van der Waals surface area contributed by atoms with Crippen molar-refractivity contribution in [3.8, 4) is 11.5 Å². The second-order valence-electron chi connectivity index (χ2n) is 8.72. The van der Waals surface area contributed by atoms with E-state index in [9.17, 15) is 9.90 Å². The summed E-state index contributed by atoms with van der Waals surface area (Å²) in [4.78, 5) is 17.2. The molecule has 3 atom stereocenters. The minimum atomic E-state index is -0.980. The topological polar surface area (TPSA) is 62.2 Å². The Morgan fingerprint density at radius 1 is 1.03 bits per heavy atom. The van der Waals surface area contributed by atoms with Gasteiger partial charge in [0, 0.05) is 18.5 Å². The zero-order chi connectivity index (χ0) is 23.5. The van der Waals surface area contributed by atoms with Gasteiger partial charge in [-0.1, -0.05) is 42.6 Å². The number of rotatable bonds is 7. The molecule has 0 saturated carbocycles. The molecule has 8 heteroatoms. The Kier molecular flexibility index (Phi) is 7.69. The molecule has 0 radical (unpaired) electrons. The molecule has 1 amide bonds. The predicted molar refractivity (Wildman–Crippen MR) is 131 cm³/mol. The van der Waals surface area contributed by atoms with Crippen LogP contribution in [0.4, 0.5) is 5.69 Å². The van der Waals surface area contributed by atoms with Gasteiger partial charge in [-0.3, -0.25) is 14.6 Å². The molecular formula is C25H30Cl2N2O4. The highest BCUT2D eigenvalue weighted by Gasteiger charge is 2.46. The van der Waals surface area contributed by atoms with Crippen molar-refractivity contribution in [1.29, 1.82) is 0 Å². The van der Waals surface area contributed by atoms with E-state index in [1.807, 2.05) is 6.92 Å². The normalized spacial score (nSPS) is 23.7. The average Bonchev–Trinajstić information content (AvgIpc) is 3.04. The minimum absolute atomic E-state index is 0.196. The highest BCUT2D eigenvalue weighted by molar-refractivity contribution is 6.42. The first-order valence-electron chi connectivity index (χ1n) is 11.4. The van der Waals surface area contributed by atoms with Crippen molar-refractivity contribution >= 4 is 34.8 Å². The monoisotopic (exact) mass is 492 g/mol. The summed E-state index contributed by atoms with van der Waals surface area (Å²) in [5, 5.41) is 11.8. The molecule has 2 aliphatic rings. The number of carbonyl (C=O) groups is 1. The summed E-state index contributed by atoms with van der Waals surface area (Å²) >= 11 is 12.2. The van der Waals surface area contributed by atoms with E-state index in [-0.39, 0.29) is 11.8 Å². The van der Waals surface area contributed by atoms with Crippen molar-refractivity contribution in [1.82, 2.24) is 4.90 Å². The number of likely N-dealkylation sites (tertiary alicyclic amines) is 1. The SMILES string of the molecule is COc1ccc(N2C(=O)C(c3ccc(Cl)c(Cl)c3)C(C)C2O)cc1OCCN1CCCCC1. The highest BCUT2D eigenvalue weighted by atomic mass is 35.5. The smallest absolute Gasteiger partial charge is 0.237 e. The summed E-state index contributed by atoms with van der Waals surface area (Å²) < 4.78 is 11.5. The van der Waals surface area contributed by atoms with Crippen LogP contribution in [-0.2, 0) is 4.79 Å². The summed E-state index contributed by atoms with van der Waals surface area (Å²) in [6, 6.07) is 10.5. The molecule has 0 aromatic heterocycles. The number of nitrogens with zero attached hydrogens (tertiary/aromatic N) is 2. The van der Waals surface area contributed by atoms with Crippen LogP contribution in [0.1, 0.15) is 37.7 Å². The molecule has 2 heterocycles. The number of methoxy groups -OCH3 is 1. The van der Waals surface area contributed by atoms with Crippen LogP contribution in [-0.4, -0.2) is 55.5 Å². The molecule has 2 saturated heterocycles. The maximum atomic E-state index is 13.4. The summed E-state index contributed by atoms with van der Waals surface area (Å²) in [5.74, 6) is 0.0868. The van der Waals surface area contributed by atoms with Crippen molar-refractivity contribution in [2.75, 3.05) is 38.3 Å². The van der Waals surface area contributed by atoms with Crippen LogP contribution in [0.2, 0.25) is 10.0 Å². The number of anilines is 1. The van der Waals surface area contributed by atoms with E-state index in [2.05, 4.69) is 4.90 Å². The van der Waals surface area contributed by atoms with E-state index in [0.717, 1.165) is 25.2 Å². The number of aliphatic hydroxyl groups is 1. The lowest BCUT2D eigenvalue weighted by atomic mass is 9.89. The lowest BCUT2D eigenvalue weighted by molar-refractivity contribution is -0.118. The standard InChI is InChI=1S/C25H30Cl2N2O4/c1-16-23(17-6-8-19(26)20(27)14-17)25(31)29(24(16)30)18-7-9-21(32-2)22(15-18)33-13-12-28-10-4-3-5-11-28/h6-9,14-16,23-24,30H,3-5,10-13H2,1-2H3. The van der Waals surface area contributed by atoms with Crippen molar-refractivity contribution in [3.63, 3.8) is 0 Å². The number of amides is 1. The lowest BCUT2D eigenvalue weighted by Gasteiger charge is -2.26. The third-order valence-corrected chi connectivity index (χ3v) is 7.35. The Morgan fingerprint density at radius 2 is 1.79 bits per heavy atom. The van der Waals surface area contributed by atoms with Crippen LogP contribution in [0, 0.1) is 5.92 Å². The first-order valence-corrected chi connectivity index (χ1v) is 12.2. The van der Waals surface area contributed by atoms with Crippen LogP contribution in [0.3, 0.4) is 0 Å². The molecule has 6 nitrogen and oxygen atoms in total. The number of ether oxygens (including phenoxy) is 2. The maximum absolute atomic E-state index is 13.4. The van der Waals surface area contributed by atoms with E-state index in [0.29, 0.717) is 33.8 Å². The Balaban J connectivity index is 1.54. The van der Waals surface area contributed by atoms with Crippen molar-refractivity contribution in [2.45, 2.75) is 38.3 Å². The number of halogens is 2. The predicted octanol–water partition coefficient (Wildman–Crippen LogP) is 4.95. The number of hydrogen-bond acceptors (Lipinski definition) is 5.